The number of piperidine rings is 2. The van der Waals surface area contributed by atoms with E-state index in [9.17, 15) is 4.79 Å². The fourth-order valence-corrected chi connectivity index (χ4v) is 5.10. The first-order chi connectivity index (χ1) is 14.6. The average Bonchev–Trinajstić information content (AvgIpc) is 2.79. The van der Waals surface area contributed by atoms with Crippen LogP contribution in [0.5, 0.6) is 0 Å². The van der Waals surface area contributed by atoms with Crippen LogP contribution in [-0.2, 0) is 4.79 Å². The minimum Gasteiger partial charge on any atom is -0.369 e. The number of benzene rings is 1. The van der Waals surface area contributed by atoms with Crippen LogP contribution < -0.4 is 11.1 Å². The lowest BCUT2D eigenvalue weighted by molar-refractivity contribution is -0.123. The number of nitrogens with zero attached hydrogens (tertiary/aromatic N) is 3. The van der Waals surface area contributed by atoms with Crippen LogP contribution in [0.4, 0.5) is 0 Å². The Morgan fingerprint density at radius 2 is 2.00 bits per heavy atom. The monoisotopic (exact) mass is 413 g/mol. The summed E-state index contributed by atoms with van der Waals surface area (Å²) in [5.41, 5.74) is 6.97. The van der Waals surface area contributed by atoms with Gasteiger partial charge in [0.05, 0.1) is 5.92 Å². The topological polar surface area (TPSA) is 74.0 Å². The SMILES string of the molecule is CCC1CN(C(=NC)NCCCN2CCCC(C(N)=O)C2)CCC1c1ccccc1. The van der Waals surface area contributed by atoms with Crippen LogP contribution in [0.1, 0.15) is 50.5 Å². The summed E-state index contributed by atoms with van der Waals surface area (Å²) >= 11 is 0. The van der Waals surface area contributed by atoms with E-state index in [4.69, 9.17) is 5.73 Å². The Kier molecular flexibility index (Phi) is 8.55. The van der Waals surface area contributed by atoms with Gasteiger partial charge in [0.1, 0.15) is 0 Å². The van der Waals surface area contributed by atoms with Crippen molar-refractivity contribution in [2.24, 2.45) is 22.6 Å². The number of nitrogens with two attached hydrogens (primary N) is 1. The van der Waals surface area contributed by atoms with Crippen LogP contribution >= 0.6 is 0 Å². The first kappa shape index (κ1) is 22.6. The molecule has 6 heteroatoms. The third kappa shape index (κ3) is 5.97. The third-order valence-electron chi connectivity index (χ3n) is 6.84. The minimum atomic E-state index is -0.150. The van der Waals surface area contributed by atoms with E-state index < -0.39 is 0 Å². The number of nitrogens with one attached hydrogen (secondary N) is 1. The van der Waals surface area contributed by atoms with E-state index in [2.05, 4.69) is 57.4 Å². The van der Waals surface area contributed by atoms with E-state index >= 15 is 0 Å². The van der Waals surface area contributed by atoms with Crippen molar-refractivity contribution in [2.75, 3.05) is 46.3 Å². The predicted molar refractivity (Wildman–Crippen MR) is 123 cm³/mol. The molecular formula is C24H39N5O. The number of hydrogen-bond acceptors (Lipinski definition) is 3. The van der Waals surface area contributed by atoms with Crippen LogP contribution in [0.2, 0.25) is 0 Å². The summed E-state index contributed by atoms with van der Waals surface area (Å²) in [6.45, 7) is 8.20. The van der Waals surface area contributed by atoms with Gasteiger partial charge in [-0.05, 0) is 56.2 Å². The second-order valence-electron chi connectivity index (χ2n) is 8.79. The van der Waals surface area contributed by atoms with Gasteiger partial charge in [-0.25, -0.2) is 0 Å². The molecule has 0 saturated carbocycles. The van der Waals surface area contributed by atoms with Gasteiger partial charge in [-0.1, -0.05) is 43.7 Å². The van der Waals surface area contributed by atoms with E-state index in [1.165, 1.54) is 18.4 Å². The molecule has 6 nitrogen and oxygen atoms in total. The van der Waals surface area contributed by atoms with Gasteiger partial charge in [-0.3, -0.25) is 9.79 Å². The van der Waals surface area contributed by atoms with Crippen LogP contribution in [0.25, 0.3) is 0 Å². The first-order valence-electron chi connectivity index (χ1n) is 11.6. The molecule has 3 unspecified atom stereocenters. The molecular weight excluding hydrogens is 374 g/mol. The molecule has 1 aromatic carbocycles. The number of likely N-dealkylation sites (tertiary alicyclic amines) is 2. The van der Waals surface area contributed by atoms with Crippen molar-refractivity contribution in [2.45, 2.75) is 44.9 Å². The molecule has 3 atom stereocenters. The van der Waals surface area contributed by atoms with Crippen molar-refractivity contribution in [3.8, 4) is 0 Å². The largest absolute Gasteiger partial charge is 0.369 e. The van der Waals surface area contributed by atoms with Crippen molar-refractivity contribution < 1.29 is 4.79 Å². The highest BCUT2D eigenvalue weighted by Gasteiger charge is 2.30. The van der Waals surface area contributed by atoms with Crippen LogP contribution in [-0.4, -0.2) is 68.0 Å². The number of hydrogen-bond donors (Lipinski definition) is 2. The maximum absolute atomic E-state index is 11.5. The van der Waals surface area contributed by atoms with Gasteiger partial charge in [0.2, 0.25) is 5.91 Å². The Balaban J connectivity index is 1.44. The van der Waals surface area contributed by atoms with E-state index in [1.807, 2.05) is 7.05 Å². The molecule has 1 amide bonds. The Labute approximate surface area is 181 Å². The molecule has 0 bridgehead atoms. The van der Waals surface area contributed by atoms with Gasteiger partial charge < -0.3 is 20.9 Å². The zero-order chi connectivity index (χ0) is 21.3. The van der Waals surface area contributed by atoms with Crippen molar-refractivity contribution in [3.63, 3.8) is 0 Å². The maximum Gasteiger partial charge on any atom is 0.221 e. The second-order valence-corrected chi connectivity index (χ2v) is 8.79. The minimum absolute atomic E-state index is 0.0244. The van der Waals surface area contributed by atoms with E-state index in [1.54, 1.807) is 0 Å². The normalized spacial score (nSPS) is 25.9. The van der Waals surface area contributed by atoms with Gasteiger partial charge in [-0.2, -0.15) is 0 Å². The summed E-state index contributed by atoms with van der Waals surface area (Å²) in [6.07, 6.45) is 5.41. The maximum atomic E-state index is 11.5. The fraction of sp³-hybridized carbons (Fsp3) is 0.667. The standard InChI is InChI=1S/C24H39N5O/c1-3-19-18-29(16-12-22(19)20-9-5-4-6-10-20)24(26-2)27-13-8-15-28-14-7-11-21(17-28)23(25)30/h4-6,9-10,19,21-22H,3,7-8,11-18H2,1-2H3,(H2,25,30)(H,26,27). The van der Waals surface area contributed by atoms with E-state index in [0.717, 1.165) is 64.5 Å². The lowest BCUT2D eigenvalue weighted by Crippen LogP contribution is -2.49. The smallest absolute Gasteiger partial charge is 0.221 e. The number of guanidine groups is 1. The van der Waals surface area contributed by atoms with Gasteiger partial charge in [-0.15, -0.1) is 0 Å². The summed E-state index contributed by atoms with van der Waals surface area (Å²) in [4.78, 5) is 20.8. The Morgan fingerprint density at radius 1 is 1.20 bits per heavy atom. The lowest BCUT2D eigenvalue weighted by Gasteiger charge is -2.40. The Morgan fingerprint density at radius 3 is 2.70 bits per heavy atom. The molecule has 2 heterocycles. The fourth-order valence-electron chi connectivity index (χ4n) is 5.10. The van der Waals surface area contributed by atoms with Crippen molar-refractivity contribution >= 4 is 11.9 Å². The molecule has 30 heavy (non-hydrogen) atoms. The Bertz CT molecular complexity index is 692. The molecule has 0 aliphatic carbocycles. The molecule has 2 aliphatic rings. The summed E-state index contributed by atoms with van der Waals surface area (Å²) in [7, 11) is 1.88. The molecule has 166 valence electrons. The van der Waals surface area contributed by atoms with Crippen molar-refractivity contribution in [3.05, 3.63) is 35.9 Å². The van der Waals surface area contributed by atoms with Crippen LogP contribution in [0.3, 0.4) is 0 Å². The van der Waals surface area contributed by atoms with Crippen molar-refractivity contribution in [1.29, 1.82) is 0 Å². The van der Waals surface area contributed by atoms with Gasteiger partial charge in [0, 0.05) is 33.2 Å². The van der Waals surface area contributed by atoms with Gasteiger partial charge in [0.25, 0.3) is 0 Å². The van der Waals surface area contributed by atoms with Crippen LogP contribution in [0, 0.1) is 11.8 Å². The lowest BCUT2D eigenvalue weighted by atomic mass is 9.79. The van der Waals surface area contributed by atoms with Crippen molar-refractivity contribution in [1.82, 2.24) is 15.1 Å². The third-order valence-corrected chi connectivity index (χ3v) is 6.84. The second kappa shape index (κ2) is 11.3. The summed E-state index contributed by atoms with van der Waals surface area (Å²) < 4.78 is 0. The van der Waals surface area contributed by atoms with Crippen LogP contribution in [0.15, 0.2) is 35.3 Å². The highest BCUT2D eigenvalue weighted by atomic mass is 16.1. The highest BCUT2D eigenvalue weighted by Crippen LogP contribution is 2.34. The molecule has 3 rings (SSSR count). The summed E-state index contributed by atoms with van der Waals surface area (Å²) in [5, 5.41) is 3.57. The number of carbonyl (C=O) groups excluding carboxylic acids is 1. The number of amides is 1. The number of primary amides is 1. The zero-order valence-electron chi connectivity index (χ0n) is 18.7. The molecule has 3 N–H and O–H groups in total. The molecule has 0 radical (unpaired) electrons. The summed E-state index contributed by atoms with van der Waals surface area (Å²) in [5.74, 6) is 2.19. The van der Waals surface area contributed by atoms with E-state index in [-0.39, 0.29) is 11.8 Å². The average molecular weight is 414 g/mol. The number of aliphatic imine (C=N–C) groups is 1. The first-order valence-corrected chi connectivity index (χ1v) is 11.6. The highest BCUT2D eigenvalue weighted by molar-refractivity contribution is 5.80. The zero-order valence-corrected chi connectivity index (χ0v) is 18.7. The number of carbonyl (C=O) groups is 1. The molecule has 0 spiro atoms. The summed E-state index contributed by atoms with van der Waals surface area (Å²) in [6, 6.07) is 11.0. The quantitative estimate of drug-likeness (QED) is 0.409. The Hall–Kier alpha value is -2.08. The molecule has 0 aromatic heterocycles. The van der Waals surface area contributed by atoms with Gasteiger partial charge >= 0.3 is 0 Å². The number of rotatable bonds is 7. The predicted octanol–water partition coefficient (Wildman–Crippen LogP) is 2.66. The van der Waals surface area contributed by atoms with Gasteiger partial charge in [0.15, 0.2) is 5.96 Å². The van der Waals surface area contributed by atoms with E-state index in [0.29, 0.717) is 11.8 Å². The molecule has 2 fully saturated rings. The molecule has 2 saturated heterocycles. The molecule has 1 aromatic rings. The molecule has 2 aliphatic heterocycles.